The van der Waals surface area contributed by atoms with Crippen molar-refractivity contribution in [2.45, 2.75) is 13.5 Å². The maximum atomic E-state index is 12.3. The molecule has 2 heterocycles. The van der Waals surface area contributed by atoms with Gasteiger partial charge in [-0.05, 0) is 42.1 Å². The van der Waals surface area contributed by atoms with Gasteiger partial charge >= 0.3 is 0 Å². The number of hydrogen-bond donors (Lipinski definition) is 2. The highest BCUT2D eigenvalue weighted by atomic mass is 32.1. The summed E-state index contributed by atoms with van der Waals surface area (Å²) in [4.78, 5) is 13.3. The number of ether oxygens (including phenoxy) is 1. The number of hydrazone groups is 1. The van der Waals surface area contributed by atoms with Gasteiger partial charge in [-0.3, -0.25) is 9.89 Å². The predicted octanol–water partition coefficient (Wildman–Crippen LogP) is 4.79. The largest absolute Gasteiger partial charge is 0.488 e. The molecule has 0 fully saturated rings. The molecule has 4 rings (SSSR count). The highest BCUT2D eigenvalue weighted by Crippen LogP contribution is 2.29. The van der Waals surface area contributed by atoms with Crippen LogP contribution in [0, 0.1) is 6.92 Å². The number of carbonyl (C=O) groups is 1. The lowest BCUT2D eigenvalue weighted by Crippen LogP contribution is -2.17. The van der Waals surface area contributed by atoms with E-state index >= 15 is 0 Å². The van der Waals surface area contributed by atoms with E-state index in [9.17, 15) is 4.79 Å². The van der Waals surface area contributed by atoms with Crippen LogP contribution < -0.4 is 10.2 Å². The zero-order valence-electron chi connectivity index (χ0n) is 16.3. The van der Waals surface area contributed by atoms with Crippen molar-refractivity contribution < 1.29 is 9.53 Å². The van der Waals surface area contributed by atoms with E-state index in [0.717, 1.165) is 16.0 Å². The summed E-state index contributed by atoms with van der Waals surface area (Å²) in [5, 5.41) is 13.0. The van der Waals surface area contributed by atoms with Crippen LogP contribution in [-0.2, 0) is 6.61 Å². The molecular formula is C23H20N4O2S. The molecule has 0 aliphatic rings. The number of aryl methyl sites for hydroxylation is 1. The molecule has 0 aliphatic carbocycles. The van der Waals surface area contributed by atoms with E-state index in [0.29, 0.717) is 23.7 Å². The first-order valence-electron chi connectivity index (χ1n) is 9.39. The third kappa shape index (κ3) is 4.82. The van der Waals surface area contributed by atoms with Gasteiger partial charge in [-0.1, -0.05) is 48.0 Å². The summed E-state index contributed by atoms with van der Waals surface area (Å²) in [7, 11) is 0. The highest BCUT2D eigenvalue weighted by molar-refractivity contribution is 7.11. The second kappa shape index (κ2) is 9.19. The molecule has 0 aliphatic heterocycles. The van der Waals surface area contributed by atoms with Gasteiger partial charge in [0.2, 0.25) is 0 Å². The molecular weight excluding hydrogens is 396 g/mol. The van der Waals surface area contributed by atoms with E-state index in [-0.39, 0.29) is 5.91 Å². The Morgan fingerprint density at radius 1 is 1.17 bits per heavy atom. The number of aromatic amines is 1. The lowest BCUT2D eigenvalue weighted by Gasteiger charge is -2.10. The quantitative estimate of drug-likeness (QED) is 0.336. The number of benzene rings is 2. The minimum atomic E-state index is -0.361. The van der Waals surface area contributed by atoms with E-state index in [4.69, 9.17) is 4.74 Å². The lowest BCUT2D eigenvalue weighted by atomic mass is 10.1. The molecule has 1 amide bonds. The molecule has 0 unspecified atom stereocenters. The van der Waals surface area contributed by atoms with Crippen molar-refractivity contribution in [1.29, 1.82) is 0 Å². The maximum absolute atomic E-state index is 12.3. The highest BCUT2D eigenvalue weighted by Gasteiger charge is 2.13. The Morgan fingerprint density at radius 2 is 2.00 bits per heavy atom. The van der Waals surface area contributed by atoms with E-state index in [1.807, 2.05) is 53.9 Å². The molecule has 150 valence electrons. The van der Waals surface area contributed by atoms with Gasteiger partial charge in [-0.15, -0.1) is 11.3 Å². The number of rotatable bonds is 7. The number of H-pyrrole nitrogens is 1. The van der Waals surface area contributed by atoms with Gasteiger partial charge in [0.1, 0.15) is 18.1 Å². The van der Waals surface area contributed by atoms with Crippen LogP contribution in [0.3, 0.4) is 0 Å². The SMILES string of the molecule is Cc1ccc(COc2ccccc2-c2cc(C(=O)N/N=C\c3cccs3)[nH]n2)cc1. The first kappa shape index (κ1) is 19.6. The second-order valence-electron chi connectivity index (χ2n) is 6.65. The average molecular weight is 417 g/mol. The molecule has 0 bridgehead atoms. The molecule has 0 atom stereocenters. The van der Waals surface area contributed by atoms with Crippen molar-refractivity contribution in [2.75, 3.05) is 0 Å². The number of aromatic nitrogens is 2. The smallest absolute Gasteiger partial charge is 0.289 e. The van der Waals surface area contributed by atoms with Gasteiger partial charge in [0.25, 0.3) is 5.91 Å². The molecule has 30 heavy (non-hydrogen) atoms. The Hall–Kier alpha value is -3.71. The Bertz CT molecular complexity index is 1150. The fourth-order valence-corrected chi connectivity index (χ4v) is 3.39. The lowest BCUT2D eigenvalue weighted by molar-refractivity contribution is 0.0950. The van der Waals surface area contributed by atoms with Gasteiger partial charge in [0, 0.05) is 10.4 Å². The van der Waals surface area contributed by atoms with Crippen molar-refractivity contribution in [2.24, 2.45) is 5.10 Å². The molecule has 4 aromatic rings. The van der Waals surface area contributed by atoms with Crippen molar-refractivity contribution in [3.8, 4) is 17.0 Å². The number of carbonyl (C=O) groups excluding carboxylic acids is 1. The number of thiophene rings is 1. The standard InChI is InChI=1S/C23H20N4O2S/c1-16-8-10-17(11-9-16)15-29-22-7-3-2-6-19(22)20-13-21(26-25-20)23(28)27-24-14-18-5-4-12-30-18/h2-14H,15H2,1H3,(H,25,26)(H,27,28)/b24-14-. The molecule has 2 aromatic carbocycles. The Morgan fingerprint density at radius 3 is 2.80 bits per heavy atom. The Kier molecular flexibility index (Phi) is 6.01. The number of para-hydroxylation sites is 1. The minimum Gasteiger partial charge on any atom is -0.488 e. The van der Waals surface area contributed by atoms with E-state index in [1.165, 1.54) is 5.56 Å². The summed E-state index contributed by atoms with van der Waals surface area (Å²) in [6, 6.07) is 21.4. The van der Waals surface area contributed by atoms with Gasteiger partial charge in [-0.2, -0.15) is 10.2 Å². The molecule has 7 heteroatoms. The predicted molar refractivity (Wildman–Crippen MR) is 119 cm³/mol. The minimum absolute atomic E-state index is 0.321. The average Bonchev–Trinajstić information content (AvgIpc) is 3.46. The molecule has 0 spiro atoms. The first-order valence-corrected chi connectivity index (χ1v) is 10.3. The first-order chi connectivity index (χ1) is 14.7. The topological polar surface area (TPSA) is 79.4 Å². The van der Waals surface area contributed by atoms with Crippen LogP contribution in [0.4, 0.5) is 0 Å². The van der Waals surface area contributed by atoms with E-state index in [2.05, 4.69) is 39.8 Å². The Labute approximate surface area is 178 Å². The summed E-state index contributed by atoms with van der Waals surface area (Å²) >= 11 is 1.54. The molecule has 2 aromatic heterocycles. The van der Waals surface area contributed by atoms with Crippen LogP contribution in [0.2, 0.25) is 0 Å². The third-order valence-electron chi connectivity index (χ3n) is 4.40. The van der Waals surface area contributed by atoms with Gasteiger partial charge < -0.3 is 4.74 Å². The molecule has 0 radical (unpaired) electrons. The molecule has 0 saturated carbocycles. The maximum Gasteiger partial charge on any atom is 0.289 e. The molecule has 0 saturated heterocycles. The van der Waals surface area contributed by atoms with Gasteiger partial charge in [-0.25, -0.2) is 5.43 Å². The van der Waals surface area contributed by atoms with Gasteiger partial charge in [0.05, 0.1) is 11.9 Å². The van der Waals surface area contributed by atoms with Crippen LogP contribution >= 0.6 is 11.3 Å². The summed E-state index contributed by atoms with van der Waals surface area (Å²) < 4.78 is 6.02. The monoisotopic (exact) mass is 416 g/mol. The summed E-state index contributed by atoms with van der Waals surface area (Å²) in [5.74, 6) is 0.340. The number of hydrogen-bond acceptors (Lipinski definition) is 5. The fraction of sp³-hybridized carbons (Fsp3) is 0.0870. The van der Waals surface area contributed by atoms with Gasteiger partial charge in [0.15, 0.2) is 0 Å². The van der Waals surface area contributed by atoms with Crippen LogP contribution in [0.1, 0.15) is 26.5 Å². The van der Waals surface area contributed by atoms with Crippen LogP contribution in [0.15, 0.2) is 77.2 Å². The third-order valence-corrected chi connectivity index (χ3v) is 5.21. The van der Waals surface area contributed by atoms with Crippen molar-refractivity contribution in [3.63, 3.8) is 0 Å². The zero-order chi connectivity index (χ0) is 20.8. The van der Waals surface area contributed by atoms with Crippen LogP contribution in [0.25, 0.3) is 11.3 Å². The van der Waals surface area contributed by atoms with Crippen LogP contribution in [-0.4, -0.2) is 22.3 Å². The summed E-state index contributed by atoms with van der Waals surface area (Å²) in [5.41, 5.74) is 6.55. The van der Waals surface area contributed by atoms with Crippen LogP contribution in [0.5, 0.6) is 5.75 Å². The number of amides is 1. The van der Waals surface area contributed by atoms with Crippen molar-refractivity contribution >= 4 is 23.5 Å². The fourth-order valence-electron chi connectivity index (χ4n) is 2.80. The van der Waals surface area contributed by atoms with Crippen molar-refractivity contribution in [1.82, 2.24) is 15.6 Å². The molecule has 2 N–H and O–H groups in total. The van der Waals surface area contributed by atoms with E-state index < -0.39 is 0 Å². The normalized spacial score (nSPS) is 11.0. The number of nitrogens with one attached hydrogen (secondary N) is 2. The molecule has 6 nitrogen and oxygen atoms in total. The Balaban J connectivity index is 1.45. The summed E-state index contributed by atoms with van der Waals surface area (Å²) in [6.45, 7) is 2.51. The summed E-state index contributed by atoms with van der Waals surface area (Å²) in [6.07, 6.45) is 1.61. The second-order valence-corrected chi connectivity index (χ2v) is 7.63. The number of nitrogens with zero attached hydrogens (tertiary/aromatic N) is 2. The zero-order valence-corrected chi connectivity index (χ0v) is 17.1. The van der Waals surface area contributed by atoms with Crippen molar-refractivity contribution in [3.05, 3.63) is 93.8 Å². The van der Waals surface area contributed by atoms with E-state index in [1.54, 1.807) is 23.6 Å².